The number of methoxy groups -OCH3 is 2. The van der Waals surface area contributed by atoms with Crippen LogP contribution in [0.5, 0.6) is 11.5 Å². The first-order valence-electron chi connectivity index (χ1n) is 5.56. The van der Waals surface area contributed by atoms with Crippen LogP contribution in [-0.4, -0.2) is 32.9 Å². The molecule has 2 nitrogen and oxygen atoms in total. The molecule has 0 saturated carbocycles. The second-order valence-electron chi connectivity index (χ2n) is 3.77. The Morgan fingerprint density at radius 2 is 1.06 bits per heavy atom. The molecule has 2 aromatic rings. The molecule has 0 heterocycles. The summed E-state index contributed by atoms with van der Waals surface area (Å²) in [7, 11) is 9.97. The fourth-order valence-corrected chi connectivity index (χ4v) is 6.90. The van der Waals surface area contributed by atoms with E-state index in [1.807, 2.05) is 24.3 Å². The van der Waals surface area contributed by atoms with Gasteiger partial charge in [0.1, 0.15) is 0 Å². The van der Waals surface area contributed by atoms with E-state index in [2.05, 4.69) is 24.3 Å². The van der Waals surface area contributed by atoms with Gasteiger partial charge in [0, 0.05) is 0 Å². The molecule has 0 amide bonds. The summed E-state index contributed by atoms with van der Waals surface area (Å²) in [6.07, 6.45) is 0. The Kier molecular flexibility index (Phi) is 4.78. The molecule has 0 atom stereocenters. The number of hydrogen-bond acceptors (Lipinski definition) is 2. The van der Waals surface area contributed by atoms with Crippen LogP contribution in [0.4, 0.5) is 0 Å². The fraction of sp³-hybridized carbons (Fsp3) is 0.143. The minimum absolute atomic E-state index is 0.862. The summed E-state index contributed by atoms with van der Waals surface area (Å²) in [4.78, 5) is 0. The number of halogens is 1. The number of rotatable bonds is 4. The second-order valence-corrected chi connectivity index (χ2v) is 11.4. The summed E-state index contributed by atoms with van der Waals surface area (Å²) in [6, 6.07) is 16.1. The molecule has 0 spiro atoms. The van der Waals surface area contributed by atoms with Gasteiger partial charge in [-0.05, 0) is 0 Å². The molecule has 0 unspecified atom stereocenters. The quantitative estimate of drug-likeness (QED) is 0.769. The van der Waals surface area contributed by atoms with Crippen molar-refractivity contribution in [1.29, 1.82) is 0 Å². The first kappa shape index (κ1) is 13.6. The van der Waals surface area contributed by atoms with Gasteiger partial charge in [-0.3, -0.25) is 0 Å². The van der Waals surface area contributed by atoms with Crippen molar-refractivity contribution in [1.82, 2.24) is 0 Å². The molecule has 0 N–H and O–H groups in total. The third kappa shape index (κ3) is 3.12. The van der Waals surface area contributed by atoms with Gasteiger partial charge in [-0.2, -0.15) is 0 Å². The molecule has 0 aromatic heterocycles. The maximum atomic E-state index is 6.64. The van der Waals surface area contributed by atoms with Crippen molar-refractivity contribution < 1.29 is 9.47 Å². The van der Waals surface area contributed by atoms with Crippen LogP contribution < -0.4 is 16.6 Å². The van der Waals surface area contributed by atoms with Gasteiger partial charge in [0.2, 0.25) is 0 Å². The first-order chi connectivity index (χ1) is 8.74. The van der Waals surface area contributed by atoms with Crippen molar-refractivity contribution in [3.05, 3.63) is 48.5 Å². The predicted octanol–water partition coefficient (Wildman–Crippen LogP) is 2.05. The van der Waals surface area contributed by atoms with Crippen molar-refractivity contribution in [2.75, 3.05) is 14.2 Å². The molecule has 2 rings (SSSR count). The standard InChI is InChI=1S/2C7H7O.ClH.Sn/c2*1-8-7-5-3-2-4-6-7;;/h2*3-6H,1H3;1H;/q;;;+1/p-1. The van der Waals surface area contributed by atoms with Gasteiger partial charge in [-0.1, -0.05) is 0 Å². The van der Waals surface area contributed by atoms with E-state index in [0.29, 0.717) is 0 Å². The van der Waals surface area contributed by atoms with E-state index >= 15 is 0 Å². The summed E-state index contributed by atoms with van der Waals surface area (Å²) < 4.78 is 12.8. The van der Waals surface area contributed by atoms with E-state index in [-0.39, 0.29) is 0 Å². The zero-order valence-electron chi connectivity index (χ0n) is 10.3. The SMILES string of the molecule is COc1cc[c]([Sn]([Cl])[c]2ccc(OC)cc2)cc1. The molecule has 0 saturated heterocycles. The van der Waals surface area contributed by atoms with Gasteiger partial charge in [0.05, 0.1) is 0 Å². The summed E-state index contributed by atoms with van der Waals surface area (Å²) >= 11 is -2.23. The van der Waals surface area contributed by atoms with E-state index in [0.717, 1.165) is 11.5 Å². The molecule has 0 aliphatic heterocycles. The Morgan fingerprint density at radius 1 is 0.722 bits per heavy atom. The second kappa shape index (κ2) is 6.34. The van der Waals surface area contributed by atoms with Crippen LogP contribution in [0.1, 0.15) is 0 Å². The molecule has 4 heteroatoms. The number of ether oxygens (including phenoxy) is 2. The Labute approximate surface area is 118 Å². The van der Waals surface area contributed by atoms with Gasteiger partial charge in [0.15, 0.2) is 0 Å². The van der Waals surface area contributed by atoms with Gasteiger partial charge < -0.3 is 0 Å². The Balaban J connectivity index is 2.20. The van der Waals surface area contributed by atoms with Crippen LogP contribution in [0.2, 0.25) is 0 Å². The molecular formula is C14H14ClO2Sn. The predicted molar refractivity (Wildman–Crippen MR) is 76.9 cm³/mol. The van der Waals surface area contributed by atoms with Crippen LogP contribution in [0, 0.1) is 0 Å². The topological polar surface area (TPSA) is 18.5 Å². The molecule has 0 fully saturated rings. The molecule has 93 valence electrons. The van der Waals surface area contributed by atoms with Crippen LogP contribution in [0.15, 0.2) is 48.5 Å². The van der Waals surface area contributed by atoms with Gasteiger partial charge in [0.25, 0.3) is 0 Å². The van der Waals surface area contributed by atoms with Crippen molar-refractivity contribution in [3.8, 4) is 11.5 Å². The Morgan fingerprint density at radius 3 is 1.33 bits per heavy atom. The molecule has 2 aromatic carbocycles. The van der Waals surface area contributed by atoms with Gasteiger partial charge in [-0.15, -0.1) is 0 Å². The van der Waals surface area contributed by atoms with E-state index in [1.165, 1.54) is 7.16 Å². The average Bonchev–Trinajstić information content (AvgIpc) is 2.47. The Hall–Kier alpha value is -0.871. The molecule has 0 bridgehead atoms. The third-order valence-corrected chi connectivity index (χ3v) is 10.4. The summed E-state index contributed by atoms with van der Waals surface area (Å²) in [5, 5.41) is 0. The average molecular weight is 368 g/mol. The zero-order chi connectivity index (χ0) is 13.0. The van der Waals surface area contributed by atoms with Crippen molar-refractivity contribution in [3.63, 3.8) is 0 Å². The maximum absolute atomic E-state index is 6.64. The van der Waals surface area contributed by atoms with E-state index in [1.54, 1.807) is 14.2 Å². The summed E-state index contributed by atoms with van der Waals surface area (Å²) in [5.41, 5.74) is 0. The number of hydrogen-bond donors (Lipinski definition) is 0. The normalized spacial score (nSPS) is 10.4. The monoisotopic (exact) mass is 369 g/mol. The summed E-state index contributed by atoms with van der Waals surface area (Å²) in [5.74, 6) is 1.72. The molecular weight excluding hydrogens is 354 g/mol. The summed E-state index contributed by atoms with van der Waals surface area (Å²) in [6.45, 7) is 0. The molecule has 1 radical (unpaired) electrons. The fourth-order valence-electron chi connectivity index (χ4n) is 1.64. The van der Waals surface area contributed by atoms with E-state index in [9.17, 15) is 0 Å². The van der Waals surface area contributed by atoms with Crippen LogP contribution in [-0.2, 0) is 0 Å². The molecule has 18 heavy (non-hydrogen) atoms. The number of benzene rings is 2. The Bertz CT molecular complexity index is 449. The van der Waals surface area contributed by atoms with E-state index in [4.69, 9.17) is 18.4 Å². The molecule has 0 aliphatic rings. The van der Waals surface area contributed by atoms with Gasteiger partial charge in [-0.25, -0.2) is 0 Å². The first-order valence-corrected chi connectivity index (χ1v) is 12.0. The molecule has 0 aliphatic carbocycles. The van der Waals surface area contributed by atoms with Crippen molar-refractivity contribution in [2.45, 2.75) is 0 Å². The van der Waals surface area contributed by atoms with Crippen LogP contribution >= 0.6 is 8.92 Å². The van der Waals surface area contributed by atoms with Crippen molar-refractivity contribution >= 4 is 34.7 Å². The zero-order valence-corrected chi connectivity index (χ0v) is 13.9. The van der Waals surface area contributed by atoms with Crippen LogP contribution in [0.3, 0.4) is 0 Å². The minimum atomic E-state index is -2.23. The van der Waals surface area contributed by atoms with E-state index < -0.39 is 18.6 Å². The van der Waals surface area contributed by atoms with Crippen molar-refractivity contribution in [2.24, 2.45) is 0 Å². The van der Waals surface area contributed by atoms with Gasteiger partial charge >= 0.3 is 118 Å². The third-order valence-electron chi connectivity index (χ3n) is 2.69. The van der Waals surface area contributed by atoms with Crippen LogP contribution in [0.25, 0.3) is 0 Å².